The molecule has 4 heteroatoms. The molecule has 1 fully saturated rings. The first-order chi connectivity index (χ1) is 5.52. The smallest absolute Gasteiger partial charge is 0.293 e. The maximum Gasteiger partial charge on any atom is 0.406 e. The Labute approximate surface area is 69.3 Å². The zero-order chi connectivity index (χ0) is 9.24. The molecule has 0 atom stereocenters. The van der Waals surface area contributed by atoms with Crippen LogP contribution in [0, 0.1) is 11.8 Å². The Morgan fingerprint density at radius 2 is 2.00 bits per heavy atom. The van der Waals surface area contributed by atoms with Gasteiger partial charge in [0.15, 0.2) is 0 Å². The van der Waals surface area contributed by atoms with Gasteiger partial charge in [-0.25, -0.2) is 0 Å². The quantitative estimate of drug-likeness (QED) is 0.633. The summed E-state index contributed by atoms with van der Waals surface area (Å²) in [7, 11) is 0. The minimum atomic E-state index is -4.12. The molecule has 1 aliphatic rings. The third-order valence-corrected chi connectivity index (χ3v) is 1.98. The van der Waals surface area contributed by atoms with Crippen LogP contribution in [0.25, 0.3) is 0 Å². The van der Waals surface area contributed by atoms with Crippen molar-refractivity contribution < 1.29 is 13.2 Å². The molecule has 12 heavy (non-hydrogen) atoms. The fourth-order valence-corrected chi connectivity index (χ4v) is 0.987. The SMILES string of the molecule is CC#CCNC1(C(F)(F)F)CC1. The number of rotatable bonds is 2. The molecule has 1 saturated carbocycles. The Bertz CT molecular complexity index is 217. The maximum atomic E-state index is 12.2. The molecule has 68 valence electrons. The van der Waals surface area contributed by atoms with E-state index in [1.807, 2.05) is 0 Å². The van der Waals surface area contributed by atoms with Crippen LogP contribution in [0.3, 0.4) is 0 Å². The predicted octanol–water partition coefficient (Wildman–Crippen LogP) is 1.69. The Kier molecular flexibility index (Phi) is 2.34. The fourth-order valence-electron chi connectivity index (χ4n) is 0.987. The summed E-state index contributed by atoms with van der Waals surface area (Å²) in [5, 5.41) is 2.41. The summed E-state index contributed by atoms with van der Waals surface area (Å²) in [5.41, 5.74) is -1.61. The van der Waals surface area contributed by atoms with Crippen molar-refractivity contribution in [2.45, 2.75) is 31.5 Å². The van der Waals surface area contributed by atoms with Crippen LogP contribution in [0.15, 0.2) is 0 Å². The third kappa shape index (κ3) is 1.72. The Hall–Kier alpha value is -0.690. The lowest BCUT2D eigenvalue weighted by atomic mass is 10.2. The summed E-state index contributed by atoms with van der Waals surface area (Å²) in [4.78, 5) is 0. The highest BCUT2D eigenvalue weighted by Gasteiger charge is 2.62. The molecule has 0 aromatic rings. The van der Waals surface area contributed by atoms with Crippen molar-refractivity contribution in [2.24, 2.45) is 0 Å². The number of nitrogens with one attached hydrogen (secondary N) is 1. The highest BCUT2D eigenvalue weighted by atomic mass is 19.4. The van der Waals surface area contributed by atoms with Gasteiger partial charge in [-0.3, -0.25) is 5.32 Å². The van der Waals surface area contributed by atoms with Crippen molar-refractivity contribution in [3.05, 3.63) is 0 Å². The van der Waals surface area contributed by atoms with Gasteiger partial charge < -0.3 is 0 Å². The van der Waals surface area contributed by atoms with Gasteiger partial charge in [-0.05, 0) is 19.8 Å². The molecule has 1 aliphatic carbocycles. The summed E-state index contributed by atoms with van der Waals surface area (Å²) < 4.78 is 36.6. The summed E-state index contributed by atoms with van der Waals surface area (Å²) >= 11 is 0. The molecule has 0 radical (unpaired) electrons. The van der Waals surface area contributed by atoms with Crippen LogP contribution in [0.1, 0.15) is 19.8 Å². The Morgan fingerprint density at radius 1 is 1.42 bits per heavy atom. The van der Waals surface area contributed by atoms with E-state index in [2.05, 4.69) is 17.2 Å². The van der Waals surface area contributed by atoms with Gasteiger partial charge in [-0.15, -0.1) is 5.92 Å². The Balaban J connectivity index is 2.44. The van der Waals surface area contributed by atoms with Crippen LogP contribution in [-0.4, -0.2) is 18.3 Å². The van der Waals surface area contributed by atoms with Gasteiger partial charge >= 0.3 is 6.18 Å². The van der Waals surface area contributed by atoms with Crippen LogP contribution < -0.4 is 5.32 Å². The lowest BCUT2D eigenvalue weighted by Crippen LogP contribution is -2.44. The molecular weight excluding hydrogens is 167 g/mol. The predicted molar refractivity (Wildman–Crippen MR) is 39.5 cm³/mol. The fraction of sp³-hybridized carbons (Fsp3) is 0.750. The first kappa shape index (κ1) is 9.40. The van der Waals surface area contributed by atoms with Crippen LogP contribution in [0.2, 0.25) is 0 Å². The average Bonchev–Trinajstić information content (AvgIpc) is 2.67. The first-order valence-electron chi connectivity index (χ1n) is 3.73. The van der Waals surface area contributed by atoms with E-state index < -0.39 is 11.7 Å². The van der Waals surface area contributed by atoms with Gasteiger partial charge in [0.2, 0.25) is 0 Å². The van der Waals surface area contributed by atoms with Crippen LogP contribution in [-0.2, 0) is 0 Å². The molecule has 0 amide bonds. The van der Waals surface area contributed by atoms with Crippen LogP contribution in [0.4, 0.5) is 13.2 Å². The molecule has 0 heterocycles. The van der Waals surface area contributed by atoms with Gasteiger partial charge in [0, 0.05) is 0 Å². The zero-order valence-electron chi connectivity index (χ0n) is 6.76. The molecule has 0 aromatic heterocycles. The van der Waals surface area contributed by atoms with Gasteiger partial charge in [0.25, 0.3) is 0 Å². The van der Waals surface area contributed by atoms with Crippen molar-refractivity contribution in [1.29, 1.82) is 0 Å². The van der Waals surface area contributed by atoms with Crippen LogP contribution >= 0.6 is 0 Å². The molecule has 1 N–H and O–H groups in total. The summed E-state index contributed by atoms with van der Waals surface area (Å²) in [6.45, 7) is 1.73. The minimum Gasteiger partial charge on any atom is -0.293 e. The summed E-state index contributed by atoms with van der Waals surface area (Å²) in [6, 6.07) is 0. The number of hydrogen-bond acceptors (Lipinski definition) is 1. The lowest BCUT2D eigenvalue weighted by Gasteiger charge is -2.18. The van der Waals surface area contributed by atoms with E-state index in [1.54, 1.807) is 6.92 Å². The molecule has 0 spiro atoms. The van der Waals surface area contributed by atoms with Crippen molar-refractivity contribution in [3.63, 3.8) is 0 Å². The standard InChI is InChI=1S/C8H10F3N/c1-2-3-6-12-7(4-5-7)8(9,10)11/h12H,4-6H2,1H3. The number of alkyl halides is 3. The van der Waals surface area contributed by atoms with Crippen molar-refractivity contribution in [2.75, 3.05) is 6.54 Å². The zero-order valence-corrected chi connectivity index (χ0v) is 6.76. The van der Waals surface area contributed by atoms with Crippen molar-refractivity contribution in [3.8, 4) is 11.8 Å². The van der Waals surface area contributed by atoms with E-state index in [-0.39, 0.29) is 19.4 Å². The highest BCUT2D eigenvalue weighted by molar-refractivity contribution is 5.10. The molecule has 1 nitrogen and oxygen atoms in total. The second-order valence-electron chi connectivity index (χ2n) is 2.86. The normalized spacial score (nSPS) is 19.7. The average molecular weight is 177 g/mol. The van der Waals surface area contributed by atoms with Gasteiger partial charge in [-0.2, -0.15) is 13.2 Å². The minimum absolute atomic E-state index is 0.121. The third-order valence-electron chi connectivity index (χ3n) is 1.98. The van der Waals surface area contributed by atoms with E-state index in [1.165, 1.54) is 0 Å². The lowest BCUT2D eigenvalue weighted by molar-refractivity contribution is -0.165. The summed E-state index contributed by atoms with van der Waals surface area (Å²) in [5.74, 6) is 5.10. The van der Waals surface area contributed by atoms with E-state index in [0.717, 1.165) is 0 Å². The Morgan fingerprint density at radius 3 is 2.33 bits per heavy atom. The second kappa shape index (κ2) is 2.98. The molecular formula is C8H10F3N. The molecule has 0 saturated heterocycles. The number of halogens is 3. The van der Waals surface area contributed by atoms with Gasteiger partial charge in [-0.1, -0.05) is 5.92 Å². The monoisotopic (exact) mass is 177 g/mol. The number of hydrogen-bond donors (Lipinski definition) is 1. The summed E-state index contributed by atoms with van der Waals surface area (Å²) in [6.07, 6.45) is -3.76. The van der Waals surface area contributed by atoms with E-state index in [4.69, 9.17) is 0 Å². The molecule has 0 aliphatic heterocycles. The molecule has 0 bridgehead atoms. The molecule has 1 rings (SSSR count). The van der Waals surface area contributed by atoms with Gasteiger partial charge in [0.1, 0.15) is 5.54 Å². The van der Waals surface area contributed by atoms with Crippen LogP contribution in [0.5, 0.6) is 0 Å². The molecule has 0 unspecified atom stereocenters. The molecule has 0 aromatic carbocycles. The second-order valence-corrected chi connectivity index (χ2v) is 2.86. The van der Waals surface area contributed by atoms with E-state index in [0.29, 0.717) is 0 Å². The van der Waals surface area contributed by atoms with E-state index in [9.17, 15) is 13.2 Å². The topological polar surface area (TPSA) is 12.0 Å². The largest absolute Gasteiger partial charge is 0.406 e. The first-order valence-corrected chi connectivity index (χ1v) is 3.73. The maximum absolute atomic E-state index is 12.2. The highest BCUT2D eigenvalue weighted by Crippen LogP contribution is 2.48. The van der Waals surface area contributed by atoms with Gasteiger partial charge in [0.05, 0.1) is 6.54 Å². The van der Waals surface area contributed by atoms with E-state index >= 15 is 0 Å². The van der Waals surface area contributed by atoms with Crippen molar-refractivity contribution in [1.82, 2.24) is 5.32 Å². The van der Waals surface area contributed by atoms with Crippen molar-refractivity contribution >= 4 is 0 Å².